The minimum Gasteiger partial charge on any atom is -0.385 e. The minimum atomic E-state index is -0.773. The normalized spacial score (nSPS) is 23.4. The predicted molar refractivity (Wildman–Crippen MR) is 131 cm³/mol. The molecule has 0 spiro atoms. The van der Waals surface area contributed by atoms with Crippen LogP contribution in [-0.4, -0.2) is 62.6 Å². The first kappa shape index (κ1) is 22.7. The summed E-state index contributed by atoms with van der Waals surface area (Å²) in [5.41, 5.74) is 3.09. The Balaban J connectivity index is 1.07. The van der Waals surface area contributed by atoms with Gasteiger partial charge in [0.05, 0.1) is 23.7 Å². The summed E-state index contributed by atoms with van der Waals surface area (Å²) in [6.45, 7) is 5.88. The molecule has 1 amide bonds. The molecule has 0 radical (unpaired) electrons. The number of likely N-dealkylation sites (tertiary alicyclic amines) is 1. The van der Waals surface area contributed by atoms with Gasteiger partial charge in [0, 0.05) is 42.0 Å². The second-order valence-corrected chi connectivity index (χ2v) is 9.77. The molecule has 8 heteroatoms. The molecular weight excluding hydrogens is 428 g/mol. The predicted octanol–water partition coefficient (Wildman–Crippen LogP) is 2.68. The van der Waals surface area contributed by atoms with Crippen LogP contribution in [0.15, 0.2) is 42.9 Å². The third-order valence-electron chi connectivity index (χ3n) is 7.23. The SMILES string of the molecule is Cc1ccc2ncnc(NCC(=O)NC3CN([C@H]4CC[C@@](O)(c5ccc(C)nc5)CC4)C3)c2c1. The van der Waals surface area contributed by atoms with Gasteiger partial charge in [-0.1, -0.05) is 17.7 Å². The first-order chi connectivity index (χ1) is 16.4. The number of hydrogen-bond donors (Lipinski definition) is 3. The highest BCUT2D eigenvalue weighted by molar-refractivity contribution is 5.91. The van der Waals surface area contributed by atoms with Gasteiger partial charge in [0.15, 0.2) is 0 Å². The zero-order valence-electron chi connectivity index (χ0n) is 19.8. The summed E-state index contributed by atoms with van der Waals surface area (Å²) in [6, 6.07) is 10.6. The molecule has 1 saturated carbocycles. The minimum absolute atomic E-state index is 0.0334. The van der Waals surface area contributed by atoms with Crippen LogP contribution in [0.4, 0.5) is 5.82 Å². The molecule has 0 bridgehead atoms. The van der Waals surface area contributed by atoms with Crippen molar-refractivity contribution >= 4 is 22.6 Å². The summed E-state index contributed by atoms with van der Waals surface area (Å²) in [4.78, 5) is 27.9. The lowest BCUT2D eigenvalue weighted by atomic mass is 9.77. The fraction of sp³-hybridized carbons (Fsp3) is 0.462. The van der Waals surface area contributed by atoms with E-state index in [1.54, 1.807) is 0 Å². The molecule has 3 heterocycles. The number of amides is 1. The Bertz CT molecular complexity index is 1170. The highest BCUT2D eigenvalue weighted by atomic mass is 16.3. The van der Waals surface area contributed by atoms with Crippen LogP contribution in [0.5, 0.6) is 0 Å². The summed E-state index contributed by atoms with van der Waals surface area (Å²) in [7, 11) is 0. The highest BCUT2D eigenvalue weighted by Gasteiger charge is 2.40. The quantitative estimate of drug-likeness (QED) is 0.520. The van der Waals surface area contributed by atoms with Crippen LogP contribution < -0.4 is 10.6 Å². The Kier molecular flexibility index (Phi) is 6.18. The summed E-state index contributed by atoms with van der Waals surface area (Å²) < 4.78 is 0. The number of anilines is 1. The Hall–Kier alpha value is -3.10. The van der Waals surface area contributed by atoms with Gasteiger partial charge in [0.1, 0.15) is 12.1 Å². The number of aryl methyl sites for hydroxylation is 2. The number of aliphatic hydroxyl groups is 1. The second kappa shape index (κ2) is 9.27. The van der Waals surface area contributed by atoms with E-state index in [4.69, 9.17) is 0 Å². The zero-order chi connectivity index (χ0) is 23.7. The molecule has 0 atom stereocenters. The summed E-state index contributed by atoms with van der Waals surface area (Å²) in [6.07, 6.45) is 6.71. The number of carbonyl (C=O) groups is 1. The molecule has 2 fully saturated rings. The third kappa shape index (κ3) is 4.74. The van der Waals surface area contributed by atoms with Crippen molar-refractivity contribution < 1.29 is 9.90 Å². The number of rotatable bonds is 6. The number of hydrogen-bond acceptors (Lipinski definition) is 7. The molecule has 1 aliphatic carbocycles. The zero-order valence-corrected chi connectivity index (χ0v) is 19.8. The van der Waals surface area contributed by atoms with Gasteiger partial charge >= 0.3 is 0 Å². The Morgan fingerprint density at radius 3 is 2.65 bits per heavy atom. The number of aromatic nitrogens is 3. The van der Waals surface area contributed by atoms with Crippen LogP contribution in [0.2, 0.25) is 0 Å². The molecule has 178 valence electrons. The maximum Gasteiger partial charge on any atom is 0.239 e. The van der Waals surface area contributed by atoms with Gasteiger partial charge in [-0.2, -0.15) is 0 Å². The van der Waals surface area contributed by atoms with Gasteiger partial charge in [-0.15, -0.1) is 0 Å². The Morgan fingerprint density at radius 2 is 1.91 bits per heavy atom. The summed E-state index contributed by atoms with van der Waals surface area (Å²) in [5.74, 6) is 0.645. The monoisotopic (exact) mass is 460 g/mol. The van der Waals surface area contributed by atoms with Gasteiger partial charge in [0.25, 0.3) is 0 Å². The molecule has 3 N–H and O–H groups in total. The number of nitrogens with zero attached hydrogens (tertiary/aromatic N) is 4. The molecule has 8 nitrogen and oxygen atoms in total. The van der Waals surface area contributed by atoms with Gasteiger partial charge in [0.2, 0.25) is 5.91 Å². The second-order valence-electron chi connectivity index (χ2n) is 9.77. The molecule has 3 aromatic rings. The van der Waals surface area contributed by atoms with E-state index in [0.717, 1.165) is 66.5 Å². The standard InChI is InChI=1S/C26H32N6O2/c1-17-3-6-23-22(11-17)25(30-16-29-23)28-13-24(33)31-20-14-32(15-20)21-7-9-26(34,10-8-21)19-5-4-18(2)27-12-19/h3-6,11-12,16,20-21,34H,7-10,13-15H2,1-2H3,(H,31,33)(H,28,29,30)/t21-,26-. The first-order valence-corrected chi connectivity index (χ1v) is 12.0. The average molecular weight is 461 g/mol. The van der Waals surface area contributed by atoms with Crippen molar-refractivity contribution in [2.24, 2.45) is 0 Å². The largest absolute Gasteiger partial charge is 0.385 e. The van der Waals surface area contributed by atoms with E-state index in [1.807, 2.05) is 50.4 Å². The molecular formula is C26H32N6O2. The van der Waals surface area contributed by atoms with Crippen LogP contribution in [0.25, 0.3) is 10.9 Å². The number of fused-ring (bicyclic) bond motifs is 1. The van der Waals surface area contributed by atoms with Crippen LogP contribution >= 0.6 is 0 Å². The molecule has 2 aliphatic rings. The maximum atomic E-state index is 12.5. The van der Waals surface area contributed by atoms with Crippen molar-refractivity contribution in [3.05, 3.63) is 59.7 Å². The summed E-state index contributed by atoms with van der Waals surface area (Å²) >= 11 is 0. The van der Waals surface area contributed by atoms with E-state index in [2.05, 4.69) is 30.5 Å². The average Bonchev–Trinajstić information content (AvgIpc) is 2.81. The highest BCUT2D eigenvalue weighted by Crippen LogP contribution is 2.39. The van der Waals surface area contributed by atoms with Crippen LogP contribution in [-0.2, 0) is 10.4 Å². The van der Waals surface area contributed by atoms with E-state index in [-0.39, 0.29) is 18.5 Å². The van der Waals surface area contributed by atoms with Gasteiger partial charge < -0.3 is 15.7 Å². The molecule has 0 unspecified atom stereocenters. The first-order valence-electron chi connectivity index (χ1n) is 12.0. The van der Waals surface area contributed by atoms with Crippen LogP contribution in [0.3, 0.4) is 0 Å². The lowest BCUT2D eigenvalue weighted by molar-refractivity contribution is -0.121. The third-order valence-corrected chi connectivity index (χ3v) is 7.23. The Morgan fingerprint density at radius 1 is 1.12 bits per heavy atom. The molecule has 2 aromatic heterocycles. The van der Waals surface area contributed by atoms with Gasteiger partial charge in [-0.25, -0.2) is 9.97 Å². The number of carbonyl (C=O) groups excluding carboxylic acids is 1. The Labute approximate surface area is 199 Å². The van der Waals surface area contributed by atoms with Crippen molar-refractivity contribution in [1.29, 1.82) is 0 Å². The smallest absolute Gasteiger partial charge is 0.239 e. The van der Waals surface area contributed by atoms with Gasteiger partial charge in [-0.05, 0) is 57.7 Å². The van der Waals surface area contributed by atoms with E-state index in [0.29, 0.717) is 11.9 Å². The van der Waals surface area contributed by atoms with E-state index in [9.17, 15) is 9.90 Å². The lowest BCUT2D eigenvalue weighted by Crippen LogP contribution is -2.63. The maximum absolute atomic E-state index is 12.5. The van der Waals surface area contributed by atoms with Crippen molar-refractivity contribution in [3.63, 3.8) is 0 Å². The lowest BCUT2D eigenvalue weighted by Gasteiger charge is -2.48. The number of nitrogens with one attached hydrogen (secondary N) is 2. The topological polar surface area (TPSA) is 103 Å². The molecule has 1 aromatic carbocycles. The van der Waals surface area contributed by atoms with Crippen molar-refractivity contribution in [3.8, 4) is 0 Å². The van der Waals surface area contributed by atoms with E-state index < -0.39 is 5.60 Å². The number of benzene rings is 1. The fourth-order valence-electron chi connectivity index (χ4n) is 5.13. The van der Waals surface area contributed by atoms with Gasteiger partial charge in [-0.3, -0.25) is 14.7 Å². The molecule has 1 saturated heterocycles. The van der Waals surface area contributed by atoms with Crippen molar-refractivity contribution in [2.75, 3.05) is 25.0 Å². The fourth-order valence-corrected chi connectivity index (χ4v) is 5.13. The molecule has 1 aliphatic heterocycles. The van der Waals surface area contributed by atoms with Crippen LogP contribution in [0, 0.1) is 13.8 Å². The van der Waals surface area contributed by atoms with E-state index in [1.165, 1.54) is 6.33 Å². The van der Waals surface area contributed by atoms with Crippen LogP contribution in [0.1, 0.15) is 42.5 Å². The number of pyridine rings is 1. The van der Waals surface area contributed by atoms with Crippen molar-refractivity contribution in [2.45, 2.75) is 57.2 Å². The molecule has 34 heavy (non-hydrogen) atoms. The van der Waals surface area contributed by atoms with E-state index >= 15 is 0 Å². The summed E-state index contributed by atoms with van der Waals surface area (Å²) in [5, 5.41) is 18.3. The van der Waals surface area contributed by atoms with Crippen molar-refractivity contribution in [1.82, 2.24) is 25.2 Å². The molecule has 5 rings (SSSR count).